The van der Waals surface area contributed by atoms with Crippen molar-refractivity contribution < 1.29 is 14.3 Å². The highest BCUT2D eigenvalue weighted by Crippen LogP contribution is 2.27. The van der Waals surface area contributed by atoms with Crippen molar-refractivity contribution in [2.24, 2.45) is 0 Å². The first-order valence-corrected chi connectivity index (χ1v) is 11.8. The van der Waals surface area contributed by atoms with Gasteiger partial charge < -0.3 is 21.1 Å². The highest BCUT2D eigenvalue weighted by atomic mass is 16.5. The first-order chi connectivity index (χ1) is 17.5. The number of amides is 2. The molecule has 1 aromatic heterocycles. The molecule has 0 saturated heterocycles. The number of benzene rings is 3. The van der Waals surface area contributed by atoms with Gasteiger partial charge in [0.1, 0.15) is 11.9 Å². The van der Waals surface area contributed by atoms with Gasteiger partial charge >= 0.3 is 6.09 Å². The van der Waals surface area contributed by atoms with E-state index in [0.717, 1.165) is 33.2 Å². The van der Waals surface area contributed by atoms with Crippen molar-refractivity contribution in [3.05, 3.63) is 95.7 Å². The SMILES string of the molecule is C[C@H]1COC(=O)Nc2cccc(c2)CNC(=O)C(Nc2ccc3c(N)nccc3c2)c2ccc1cc2. The minimum absolute atomic E-state index is 0.0103. The van der Waals surface area contributed by atoms with Crippen molar-refractivity contribution in [2.75, 3.05) is 23.0 Å². The maximum absolute atomic E-state index is 13.4. The number of carbonyl (C=O) groups excluding carboxylic acids is 2. The number of nitrogens with zero attached hydrogens (tertiary/aromatic N) is 1. The van der Waals surface area contributed by atoms with Crippen LogP contribution in [0.15, 0.2) is 79.0 Å². The minimum Gasteiger partial charge on any atom is -0.449 e. The molecule has 4 bridgehead atoms. The number of nitrogen functional groups attached to an aromatic ring is 1. The number of hydrogen-bond acceptors (Lipinski definition) is 6. The second kappa shape index (κ2) is 9.95. The van der Waals surface area contributed by atoms with Gasteiger partial charge in [0.15, 0.2) is 0 Å². The molecule has 2 aliphatic heterocycles. The van der Waals surface area contributed by atoms with E-state index in [-0.39, 0.29) is 18.4 Å². The van der Waals surface area contributed by atoms with E-state index in [4.69, 9.17) is 10.5 Å². The summed E-state index contributed by atoms with van der Waals surface area (Å²) in [5.74, 6) is 0.285. The largest absolute Gasteiger partial charge is 0.449 e. The second-order valence-electron chi connectivity index (χ2n) is 8.92. The maximum Gasteiger partial charge on any atom is 0.411 e. The quantitative estimate of drug-likeness (QED) is 0.322. The average molecular weight is 482 g/mol. The van der Waals surface area contributed by atoms with Crippen molar-refractivity contribution in [3.8, 4) is 0 Å². The van der Waals surface area contributed by atoms with Crippen LogP contribution in [0.2, 0.25) is 0 Å². The Morgan fingerprint density at radius 3 is 2.64 bits per heavy atom. The summed E-state index contributed by atoms with van der Waals surface area (Å²) >= 11 is 0. The Morgan fingerprint density at radius 1 is 1.00 bits per heavy atom. The number of hydrogen-bond donors (Lipinski definition) is 4. The van der Waals surface area contributed by atoms with Crippen LogP contribution >= 0.6 is 0 Å². The Morgan fingerprint density at radius 2 is 1.81 bits per heavy atom. The zero-order valence-electron chi connectivity index (χ0n) is 19.8. The summed E-state index contributed by atoms with van der Waals surface area (Å²) in [7, 11) is 0. The Kier molecular flexibility index (Phi) is 6.40. The van der Waals surface area contributed by atoms with E-state index in [0.29, 0.717) is 18.1 Å². The number of nitrogens with two attached hydrogens (primary N) is 1. The predicted octanol–water partition coefficient (Wildman–Crippen LogP) is 4.95. The lowest BCUT2D eigenvalue weighted by atomic mass is 9.97. The number of pyridine rings is 1. The molecule has 2 amide bonds. The lowest BCUT2D eigenvalue weighted by Gasteiger charge is -2.22. The maximum atomic E-state index is 13.4. The third kappa shape index (κ3) is 5.07. The van der Waals surface area contributed by atoms with Gasteiger partial charge in [0.2, 0.25) is 5.91 Å². The van der Waals surface area contributed by atoms with Crippen molar-refractivity contribution in [1.82, 2.24) is 10.3 Å². The van der Waals surface area contributed by atoms with Gasteiger partial charge in [-0.1, -0.05) is 43.3 Å². The van der Waals surface area contributed by atoms with Crippen LogP contribution in [-0.4, -0.2) is 23.6 Å². The summed E-state index contributed by atoms with van der Waals surface area (Å²) in [6, 6.07) is 22.1. The fraction of sp³-hybridized carbons (Fsp3) is 0.179. The Labute approximate surface area is 208 Å². The molecule has 1 unspecified atom stereocenters. The van der Waals surface area contributed by atoms with Crippen molar-refractivity contribution in [2.45, 2.75) is 25.4 Å². The van der Waals surface area contributed by atoms with E-state index in [2.05, 4.69) is 20.9 Å². The predicted molar refractivity (Wildman–Crippen MR) is 141 cm³/mol. The standard InChI is InChI=1S/C28H27N5O3/c1-17-16-36-28(35)33-22-4-2-3-18(13-22)15-31-27(34)25(20-7-5-19(17)6-8-20)32-23-9-10-24-21(14-23)11-12-30-26(24)29/h2-14,17,25,32H,15-16H2,1H3,(H2,29,30)(H,31,34)(H,33,35)/t17-,25?/m0/s1. The van der Waals surface area contributed by atoms with E-state index in [1.807, 2.05) is 73.7 Å². The summed E-state index contributed by atoms with van der Waals surface area (Å²) < 4.78 is 5.42. The number of nitrogens with one attached hydrogen (secondary N) is 3. The highest BCUT2D eigenvalue weighted by molar-refractivity contribution is 5.94. The van der Waals surface area contributed by atoms with Crippen LogP contribution in [0.4, 0.5) is 22.0 Å². The molecule has 2 atom stereocenters. The second-order valence-corrected chi connectivity index (χ2v) is 8.92. The number of ether oxygens (including phenoxy) is 1. The summed E-state index contributed by atoms with van der Waals surface area (Å²) in [5, 5.41) is 11.0. The van der Waals surface area contributed by atoms with E-state index in [1.54, 1.807) is 12.3 Å². The number of rotatable bonds is 2. The molecule has 182 valence electrons. The topological polar surface area (TPSA) is 118 Å². The summed E-state index contributed by atoms with van der Waals surface area (Å²) in [4.78, 5) is 29.8. The molecular formula is C28H27N5O3. The van der Waals surface area contributed by atoms with Gasteiger partial charge in [-0.2, -0.15) is 0 Å². The summed E-state index contributed by atoms with van der Waals surface area (Å²) in [5.41, 5.74) is 10.1. The zero-order chi connectivity index (χ0) is 25.1. The minimum atomic E-state index is -0.627. The molecule has 2 aliphatic rings. The number of fused-ring (bicyclic) bond motifs is 10. The Bertz CT molecular complexity index is 1420. The van der Waals surface area contributed by atoms with E-state index >= 15 is 0 Å². The van der Waals surface area contributed by atoms with Gasteiger partial charge in [-0.15, -0.1) is 0 Å². The van der Waals surface area contributed by atoms with Crippen LogP contribution in [-0.2, 0) is 16.1 Å². The molecule has 0 aliphatic carbocycles. The van der Waals surface area contributed by atoms with Crippen LogP contribution in [0.5, 0.6) is 0 Å². The normalized spacial score (nSPS) is 18.2. The smallest absolute Gasteiger partial charge is 0.411 e. The van der Waals surface area contributed by atoms with Gasteiger partial charge in [-0.25, -0.2) is 9.78 Å². The van der Waals surface area contributed by atoms with Crippen molar-refractivity contribution >= 4 is 40.0 Å². The first-order valence-electron chi connectivity index (χ1n) is 11.8. The van der Waals surface area contributed by atoms with Crippen LogP contribution in [0, 0.1) is 0 Å². The number of aromatic nitrogens is 1. The van der Waals surface area contributed by atoms with Crippen molar-refractivity contribution in [1.29, 1.82) is 0 Å². The lowest BCUT2D eigenvalue weighted by molar-refractivity contribution is -0.122. The van der Waals surface area contributed by atoms with Crippen LogP contribution in [0.1, 0.15) is 35.6 Å². The summed E-state index contributed by atoms with van der Waals surface area (Å²) in [6.45, 7) is 2.53. The fourth-order valence-corrected chi connectivity index (χ4v) is 4.28. The van der Waals surface area contributed by atoms with E-state index in [9.17, 15) is 9.59 Å². The third-order valence-electron chi connectivity index (χ3n) is 6.31. The van der Waals surface area contributed by atoms with Gasteiger partial charge in [0, 0.05) is 35.4 Å². The first kappa shape index (κ1) is 23.2. The van der Waals surface area contributed by atoms with Crippen LogP contribution < -0.4 is 21.7 Å². The molecule has 36 heavy (non-hydrogen) atoms. The molecule has 8 nitrogen and oxygen atoms in total. The monoisotopic (exact) mass is 481 g/mol. The number of carbonyl (C=O) groups is 2. The molecule has 0 fully saturated rings. The van der Waals surface area contributed by atoms with Gasteiger partial charge in [-0.05, 0) is 58.5 Å². The molecule has 4 aromatic rings. The van der Waals surface area contributed by atoms with Crippen LogP contribution in [0.3, 0.4) is 0 Å². The van der Waals surface area contributed by atoms with Gasteiger partial charge in [-0.3, -0.25) is 10.1 Å². The van der Waals surface area contributed by atoms with Crippen LogP contribution in [0.25, 0.3) is 10.8 Å². The molecular weight excluding hydrogens is 454 g/mol. The number of anilines is 3. The van der Waals surface area contributed by atoms with Crippen molar-refractivity contribution in [3.63, 3.8) is 0 Å². The molecule has 0 radical (unpaired) electrons. The molecule has 0 spiro atoms. The molecule has 3 heterocycles. The molecule has 8 heteroatoms. The third-order valence-corrected chi connectivity index (χ3v) is 6.31. The highest BCUT2D eigenvalue weighted by Gasteiger charge is 2.22. The molecule has 5 N–H and O–H groups in total. The molecule has 3 aromatic carbocycles. The fourth-order valence-electron chi connectivity index (χ4n) is 4.28. The Hall–Kier alpha value is -4.59. The summed E-state index contributed by atoms with van der Waals surface area (Å²) in [6.07, 6.45) is 1.16. The van der Waals surface area contributed by atoms with Gasteiger partial charge in [0.05, 0.1) is 6.61 Å². The lowest BCUT2D eigenvalue weighted by Crippen LogP contribution is -2.33. The van der Waals surface area contributed by atoms with E-state index < -0.39 is 12.1 Å². The molecule has 6 rings (SSSR count). The zero-order valence-corrected chi connectivity index (χ0v) is 19.8. The Balaban J connectivity index is 1.48. The van der Waals surface area contributed by atoms with E-state index in [1.165, 1.54) is 0 Å². The molecule has 0 saturated carbocycles. The van der Waals surface area contributed by atoms with Gasteiger partial charge in [0.25, 0.3) is 0 Å². The average Bonchev–Trinajstić information content (AvgIpc) is 2.89.